The highest BCUT2D eigenvalue weighted by Crippen LogP contribution is 2.18. The molecular formula is C17H25FN2O2. The van der Waals surface area contributed by atoms with E-state index in [2.05, 4.69) is 10.2 Å². The summed E-state index contributed by atoms with van der Waals surface area (Å²) in [5, 5.41) is 13.3. The number of hydrogen-bond donors (Lipinski definition) is 2. The molecule has 1 fully saturated rings. The Morgan fingerprint density at radius 2 is 2.09 bits per heavy atom. The summed E-state index contributed by atoms with van der Waals surface area (Å²) in [6.45, 7) is 5.92. The molecule has 0 spiro atoms. The Labute approximate surface area is 131 Å². The first kappa shape index (κ1) is 16.9. The van der Waals surface area contributed by atoms with Crippen LogP contribution in [0.3, 0.4) is 0 Å². The van der Waals surface area contributed by atoms with Gasteiger partial charge in [-0.1, -0.05) is 26.0 Å². The third-order valence-electron chi connectivity index (χ3n) is 4.06. The Kier molecular flexibility index (Phi) is 5.91. The minimum Gasteiger partial charge on any atom is -0.387 e. The molecule has 0 bridgehead atoms. The van der Waals surface area contributed by atoms with Gasteiger partial charge in [0.1, 0.15) is 5.82 Å². The molecule has 0 saturated carbocycles. The van der Waals surface area contributed by atoms with Gasteiger partial charge in [0, 0.05) is 25.0 Å². The van der Waals surface area contributed by atoms with Crippen molar-refractivity contribution in [3.63, 3.8) is 0 Å². The standard InChI is InChI=1S/C17H25FN2O2/c1-12(2)17(22)19-15-4-3-9-20(10-15)11-16(21)13-5-7-14(18)8-6-13/h5-8,12,15-16,21H,3-4,9-11H2,1-2H3,(H,19,22). The molecule has 1 amide bonds. The highest BCUT2D eigenvalue weighted by atomic mass is 19.1. The summed E-state index contributed by atoms with van der Waals surface area (Å²) in [7, 11) is 0. The lowest BCUT2D eigenvalue weighted by molar-refractivity contribution is -0.125. The van der Waals surface area contributed by atoms with E-state index in [4.69, 9.17) is 0 Å². The fourth-order valence-electron chi connectivity index (χ4n) is 2.74. The molecule has 0 radical (unpaired) electrons. The van der Waals surface area contributed by atoms with E-state index in [1.807, 2.05) is 13.8 Å². The van der Waals surface area contributed by atoms with Gasteiger partial charge in [-0.3, -0.25) is 9.69 Å². The second-order valence-corrected chi connectivity index (χ2v) is 6.33. The quantitative estimate of drug-likeness (QED) is 0.876. The number of carbonyl (C=O) groups is 1. The average Bonchev–Trinajstić information content (AvgIpc) is 2.48. The number of rotatable bonds is 5. The van der Waals surface area contributed by atoms with E-state index in [1.54, 1.807) is 12.1 Å². The van der Waals surface area contributed by atoms with Crippen molar-refractivity contribution in [2.75, 3.05) is 19.6 Å². The Morgan fingerprint density at radius 1 is 1.41 bits per heavy atom. The van der Waals surface area contributed by atoms with Crippen molar-refractivity contribution < 1.29 is 14.3 Å². The molecule has 1 aliphatic rings. The van der Waals surface area contributed by atoms with Gasteiger partial charge >= 0.3 is 0 Å². The SMILES string of the molecule is CC(C)C(=O)NC1CCCN(CC(O)c2ccc(F)cc2)C1. The molecule has 4 nitrogen and oxygen atoms in total. The second-order valence-electron chi connectivity index (χ2n) is 6.33. The molecule has 2 unspecified atom stereocenters. The first-order chi connectivity index (χ1) is 10.5. The molecule has 1 aromatic rings. The predicted molar refractivity (Wildman–Crippen MR) is 83.8 cm³/mol. The first-order valence-electron chi connectivity index (χ1n) is 7.92. The maximum Gasteiger partial charge on any atom is 0.222 e. The molecule has 1 heterocycles. The minimum absolute atomic E-state index is 0.0137. The van der Waals surface area contributed by atoms with Crippen LogP contribution in [-0.4, -0.2) is 41.6 Å². The van der Waals surface area contributed by atoms with Crippen LogP contribution in [-0.2, 0) is 4.79 Å². The topological polar surface area (TPSA) is 52.6 Å². The van der Waals surface area contributed by atoms with Crippen molar-refractivity contribution >= 4 is 5.91 Å². The van der Waals surface area contributed by atoms with Gasteiger partial charge in [0.25, 0.3) is 0 Å². The van der Waals surface area contributed by atoms with Crippen molar-refractivity contribution in [1.82, 2.24) is 10.2 Å². The number of carbonyl (C=O) groups excluding carboxylic acids is 1. The monoisotopic (exact) mass is 308 g/mol. The summed E-state index contributed by atoms with van der Waals surface area (Å²) in [5.74, 6) is -0.239. The number of aliphatic hydroxyl groups is 1. The van der Waals surface area contributed by atoms with Crippen LogP contribution < -0.4 is 5.32 Å². The summed E-state index contributed by atoms with van der Waals surface area (Å²) in [6, 6.07) is 6.09. The molecule has 1 aromatic carbocycles. The van der Waals surface area contributed by atoms with Crippen molar-refractivity contribution in [2.24, 2.45) is 5.92 Å². The first-order valence-corrected chi connectivity index (χ1v) is 7.92. The molecule has 122 valence electrons. The molecule has 1 saturated heterocycles. The van der Waals surface area contributed by atoms with E-state index >= 15 is 0 Å². The van der Waals surface area contributed by atoms with Crippen molar-refractivity contribution in [3.05, 3.63) is 35.6 Å². The number of aliphatic hydroxyl groups excluding tert-OH is 1. The molecule has 2 N–H and O–H groups in total. The van der Waals surface area contributed by atoms with Gasteiger partial charge in [0.15, 0.2) is 0 Å². The van der Waals surface area contributed by atoms with Gasteiger partial charge in [-0.05, 0) is 37.1 Å². The molecular weight excluding hydrogens is 283 g/mol. The van der Waals surface area contributed by atoms with Crippen molar-refractivity contribution in [2.45, 2.75) is 38.8 Å². The van der Waals surface area contributed by atoms with Crippen molar-refractivity contribution in [3.8, 4) is 0 Å². The lowest BCUT2D eigenvalue weighted by atomic mass is 10.0. The zero-order valence-electron chi connectivity index (χ0n) is 13.3. The number of nitrogens with one attached hydrogen (secondary N) is 1. The molecule has 5 heteroatoms. The third-order valence-corrected chi connectivity index (χ3v) is 4.06. The zero-order chi connectivity index (χ0) is 16.1. The van der Waals surface area contributed by atoms with E-state index in [9.17, 15) is 14.3 Å². The highest BCUT2D eigenvalue weighted by Gasteiger charge is 2.24. The fraction of sp³-hybridized carbons (Fsp3) is 0.588. The number of amides is 1. The summed E-state index contributed by atoms with van der Waals surface area (Å²) in [6.07, 6.45) is 1.33. The van der Waals surface area contributed by atoms with Crippen LogP contribution in [0.2, 0.25) is 0 Å². The lowest BCUT2D eigenvalue weighted by Gasteiger charge is -2.34. The average molecular weight is 308 g/mol. The Hall–Kier alpha value is -1.46. The van der Waals surface area contributed by atoms with Crippen LogP contribution in [0.4, 0.5) is 4.39 Å². The predicted octanol–water partition coefficient (Wildman–Crippen LogP) is 2.10. The van der Waals surface area contributed by atoms with Gasteiger partial charge in [0.2, 0.25) is 5.91 Å². The smallest absolute Gasteiger partial charge is 0.222 e. The summed E-state index contributed by atoms with van der Waals surface area (Å²) >= 11 is 0. The van der Waals surface area contributed by atoms with E-state index in [-0.39, 0.29) is 23.7 Å². The largest absolute Gasteiger partial charge is 0.387 e. The van der Waals surface area contributed by atoms with Crippen LogP contribution in [0, 0.1) is 11.7 Å². The maximum atomic E-state index is 12.9. The second kappa shape index (κ2) is 7.70. The van der Waals surface area contributed by atoms with Gasteiger partial charge in [-0.2, -0.15) is 0 Å². The molecule has 2 rings (SSSR count). The Balaban J connectivity index is 1.87. The van der Waals surface area contributed by atoms with E-state index in [0.29, 0.717) is 6.54 Å². The number of halogens is 1. The molecule has 2 atom stereocenters. The van der Waals surface area contributed by atoms with Crippen LogP contribution in [0.5, 0.6) is 0 Å². The highest BCUT2D eigenvalue weighted by molar-refractivity contribution is 5.78. The van der Waals surface area contributed by atoms with Gasteiger partial charge < -0.3 is 10.4 Å². The van der Waals surface area contributed by atoms with Crippen molar-refractivity contribution in [1.29, 1.82) is 0 Å². The number of benzene rings is 1. The van der Waals surface area contributed by atoms with E-state index < -0.39 is 6.10 Å². The number of β-amino-alcohol motifs (C(OH)–C–C–N with tert-alkyl or cyclic N) is 1. The Morgan fingerprint density at radius 3 is 2.73 bits per heavy atom. The molecule has 0 aromatic heterocycles. The third kappa shape index (κ3) is 4.78. The molecule has 22 heavy (non-hydrogen) atoms. The van der Waals surface area contributed by atoms with Crippen LogP contribution >= 0.6 is 0 Å². The summed E-state index contributed by atoms with van der Waals surface area (Å²) < 4.78 is 12.9. The normalized spacial score (nSPS) is 20.9. The van der Waals surface area contributed by atoms with Crippen LogP contribution in [0.1, 0.15) is 38.4 Å². The minimum atomic E-state index is -0.639. The summed E-state index contributed by atoms with van der Waals surface area (Å²) in [4.78, 5) is 13.9. The molecule has 1 aliphatic heterocycles. The number of nitrogens with zero attached hydrogens (tertiary/aromatic N) is 1. The van der Waals surface area contributed by atoms with Gasteiger partial charge in [-0.15, -0.1) is 0 Å². The Bertz CT molecular complexity index is 490. The van der Waals surface area contributed by atoms with E-state index in [1.165, 1.54) is 12.1 Å². The zero-order valence-corrected chi connectivity index (χ0v) is 13.3. The number of hydrogen-bond acceptors (Lipinski definition) is 3. The fourth-order valence-corrected chi connectivity index (χ4v) is 2.74. The lowest BCUT2D eigenvalue weighted by Crippen LogP contribution is -2.49. The van der Waals surface area contributed by atoms with Crippen LogP contribution in [0.25, 0.3) is 0 Å². The van der Waals surface area contributed by atoms with Gasteiger partial charge in [-0.25, -0.2) is 4.39 Å². The van der Waals surface area contributed by atoms with Crippen LogP contribution in [0.15, 0.2) is 24.3 Å². The molecule has 0 aliphatic carbocycles. The number of likely N-dealkylation sites (tertiary alicyclic amines) is 1. The maximum absolute atomic E-state index is 12.9. The summed E-state index contributed by atoms with van der Waals surface area (Å²) in [5.41, 5.74) is 0.717. The number of piperidine rings is 1. The van der Waals surface area contributed by atoms with Gasteiger partial charge in [0.05, 0.1) is 6.10 Å². The van der Waals surface area contributed by atoms with E-state index in [0.717, 1.165) is 31.5 Å².